The monoisotopic (exact) mass is 383 g/mol. The number of nitrogens with one attached hydrogen (secondary N) is 1. The maximum atomic E-state index is 12.2. The van der Waals surface area contributed by atoms with Crippen LogP contribution in [0.5, 0.6) is 0 Å². The number of primary amides is 1. The molecule has 1 saturated heterocycles. The van der Waals surface area contributed by atoms with Crippen molar-refractivity contribution in [1.82, 2.24) is 4.90 Å². The number of nitrogens with zero attached hydrogens (tertiary/aromatic N) is 3. The van der Waals surface area contributed by atoms with Gasteiger partial charge in [0, 0.05) is 43.5 Å². The third-order valence-corrected chi connectivity index (χ3v) is 4.59. The molecule has 0 radical (unpaired) electrons. The third-order valence-electron chi connectivity index (χ3n) is 4.59. The molecule has 0 saturated carbocycles. The zero-order chi connectivity index (χ0) is 20.1. The fraction of sp³-hybridized carbons (Fsp3) is 0.263. The Morgan fingerprint density at radius 2 is 1.75 bits per heavy atom. The SMILES string of the molecule is NC(=O)c1ccc(N2CCN(CC(=O)Nc3ccccc3)CC2)c([N+](=O)[O-])c1. The van der Waals surface area contributed by atoms with E-state index in [4.69, 9.17) is 5.73 Å². The number of carbonyl (C=O) groups is 2. The minimum atomic E-state index is -0.705. The van der Waals surface area contributed by atoms with Crippen molar-refractivity contribution in [3.8, 4) is 0 Å². The van der Waals surface area contributed by atoms with E-state index in [9.17, 15) is 19.7 Å². The van der Waals surface area contributed by atoms with Crippen molar-refractivity contribution in [3.63, 3.8) is 0 Å². The highest BCUT2D eigenvalue weighted by Crippen LogP contribution is 2.30. The summed E-state index contributed by atoms with van der Waals surface area (Å²) >= 11 is 0. The zero-order valence-electron chi connectivity index (χ0n) is 15.2. The Hall–Kier alpha value is -3.46. The van der Waals surface area contributed by atoms with Crippen molar-refractivity contribution in [2.45, 2.75) is 0 Å². The Morgan fingerprint density at radius 1 is 1.07 bits per heavy atom. The molecule has 1 aliphatic rings. The fourth-order valence-electron chi connectivity index (χ4n) is 3.16. The summed E-state index contributed by atoms with van der Waals surface area (Å²) in [4.78, 5) is 38.2. The molecule has 0 unspecified atom stereocenters. The van der Waals surface area contributed by atoms with E-state index in [2.05, 4.69) is 5.32 Å². The first-order valence-electron chi connectivity index (χ1n) is 8.84. The Morgan fingerprint density at radius 3 is 2.36 bits per heavy atom. The van der Waals surface area contributed by atoms with Gasteiger partial charge in [-0.1, -0.05) is 18.2 Å². The van der Waals surface area contributed by atoms with Crippen molar-refractivity contribution in [1.29, 1.82) is 0 Å². The van der Waals surface area contributed by atoms with Crippen LogP contribution in [0.4, 0.5) is 17.1 Å². The van der Waals surface area contributed by atoms with Crippen LogP contribution in [-0.2, 0) is 4.79 Å². The standard InChI is InChI=1S/C19H21N5O4/c20-19(26)14-6-7-16(17(12-14)24(27)28)23-10-8-22(9-11-23)13-18(25)21-15-4-2-1-3-5-15/h1-7,12H,8-11,13H2,(H2,20,26)(H,21,25). The molecule has 1 heterocycles. The van der Waals surface area contributed by atoms with Crippen molar-refractivity contribution >= 4 is 28.9 Å². The predicted molar refractivity (Wildman–Crippen MR) is 105 cm³/mol. The van der Waals surface area contributed by atoms with Crippen LogP contribution >= 0.6 is 0 Å². The highest BCUT2D eigenvalue weighted by Gasteiger charge is 2.25. The number of rotatable bonds is 6. The Balaban J connectivity index is 1.60. The Labute approximate surface area is 161 Å². The van der Waals surface area contributed by atoms with Crippen LogP contribution in [-0.4, -0.2) is 54.4 Å². The van der Waals surface area contributed by atoms with Crippen LogP contribution in [0.2, 0.25) is 0 Å². The van der Waals surface area contributed by atoms with Gasteiger partial charge in [0.05, 0.1) is 11.5 Å². The van der Waals surface area contributed by atoms with E-state index in [0.29, 0.717) is 31.9 Å². The molecule has 3 N–H and O–H groups in total. The van der Waals surface area contributed by atoms with Crippen LogP contribution < -0.4 is 16.0 Å². The lowest BCUT2D eigenvalue weighted by Gasteiger charge is -2.35. The summed E-state index contributed by atoms with van der Waals surface area (Å²) in [6, 6.07) is 13.5. The molecule has 0 aromatic heterocycles. The minimum absolute atomic E-state index is 0.101. The second kappa shape index (κ2) is 8.49. The van der Waals surface area contributed by atoms with Gasteiger partial charge in [0.2, 0.25) is 11.8 Å². The topological polar surface area (TPSA) is 122 Å². The molecule has 0 atom stereocenters. The summed E-state index contributed by atoms with van der Waals surface area (Å²) in [5.41, 5.74) is 6.36. The van der Waals surface area contributed by atoms with Gasteiger partial charge in [0.15, 0.2) is 0 Å². The molecule has 146 valence electrons. The molecule has 1 fully saturated rings. The number of nitro groups is 1. The van der Waals surface area contributed by atoms with Gasteiger partial charge in [-0.25, -0.2) is 0 Å². The number of para-hydroxylation sites is 1. The normalized spacial score (nSPS) is 14.5. The van der Waals surface area contributed by atoms with E-state index in [1.54, 1.807) is 6.07 Å². The highest BCUT2D eigenvalue weighted by molar-refractivity contribution is 5.94. The third kappa shape index (κ3) is 4.63. The number of benzene rings is 2. The fourth-order valence-corrected chi connectivity index (χ4v) is 3.16. The van der Waals surface area contributed by atoms with E-state index in [-0.39, 0.29) is 23.7 Å². The number of nitro benzene ring substituents is 1. The number of anilines is 2. The van der Waals surface area contributed by atoms with Gasteiger partial charge in [-0.2, -0.15) is 0 Å². The van der Waals surface area contributed by atoms with Crippen LogP contribution in [0.25, 0.3) is 0 Å². The molecule has 1 aliphatic heterocycles. The van der Waals surface area contributed by atoms with Crippen LogP contribution in [0.3, 0.4) is 0 Å². The van der Waals surface area contributed by atoms with Crippen molar-refractivity contribution < 1.29 is 14.5 Å². The van der Waals surface area contributed by atoms with E-state index < -0.39 is 10.8 Å². The zero-order valence-corrected chi connectivity index (χ0v) is 15.2. The highest BCUT2D eigenvalue weighted by atomic mass is 16.6. The molecule has 2 aromatic carbocycles. The van der Waals surface area contributed by atoms with Gasteiger partial charge in [0.1, 0.15) is 5.69 Å². The summed E-state index contributed by atoms with van der Waals surface area (Å²) in [7, 11) is 0. The number of piperazine rings is 1. The van der Waals surface area contributed by atoms with Gasteiger partial charge < -0.3 is 16.0 Å². The van der Waals surface area contributed by atoms with E-state index in [1.807, 2.05) is 40.1 Å². The predicted octanol–water partition coefficient (Wildman–Crippen LogP) is 1.45. The number of nitrogens with two attached hydrogens (primary N) is 1. The average Bonchev–Trinajstić information content (AvgIpc) is 2.68. The van der Waals surface area contributed by atoms with Crippen LogP contribution in [0, 0.1) is 10.1 Å². The Kier molecular flexibility index (Phi) is 5.85. The quantitative estimate of drug-likeness (QED) is 0.575. The molecule has 0 bridgehead atoms. The number of hydrogen-bond acceptors (Lipinski definition) is 6. The largest absolute Gasteiger partial charge is 0.366 e. The maximum Gasteiger partial charge on any atom is 0.293 e. The maximum absolute atomic E-state index is 12.2. The van der Waals surface area contributed by atoms with Crippen molar-refractivity contribution in [2.75, 3.05) is 42.9 Å². The number of carbonyl (C=O) groups excluding carboxylic acids is 2. The van der Waals surface area contributed by atoms with E-state index >= 15 is 0 Å². The van der Waals surface area contributed by atoms with Gasteiger partial charge in [-0.05, 0) is 24.3 Å². The molecule has 0 spiro atoms. The van der Waals surface area contributed by atoms with E-state index in [1.165, 1.54) is 12.1 Å². The first-order valence-corrected chi connectivity index (χ1v) is 8.84. The minimum Gasteiger partial charge on any atom is -0.366 e. The molecular weight excluding hydrogens is 362 g/mol. The number of amides is 2. The summed E-state index contributed by atoms with van der Waals surface area (Å²) in [6.07, 6.45) is 0. The van der Waals surface area contributed by atoms with Gasteiger partial charge in [0.25, 0.3) is 5.69 Å². The lowest BCUT2D eigenvalue weighted by Crippen LogP contribution is -2.48. The summed E-state index contributed by atoms with van der Waals surface area (Å²) in [6.45, 7) is 2.52. The average molecular weight is 383 g/mol. The molecule has 9 nitrogen and oxygen atoms in total. The lowest BCUT2D eigenvalue weighted by atomic mass is 10.1. The second-order valence-electron chi connectivity index (χ2n) is 6.50. The molecule has 9 heteroatoms. The molecule has 3 rings (SSSR count). The first-order chi connectivity index (χ1) is 13.4. The molecule has 0 aliphatic carbocycles. The van der Waals surface area contributed by atoms with Crippen LogP contribution in [0.15, 0.2) is 48.5 Å². The van der Waals surface area contributed by atoms with Gasteiger partial charge in [-0.3, -0.25) is 24.6 Å². The molecule has 2 aromatic rings. The van der Waals surface area contributed by atoms with E-state index in [0.717, 1.165) is 5.69 Å². The smallest absolute Gasteiger partial charge is 0.293 e. The first kappa shape index (κ1) is 19.3. The number of hydrogen-bond donors (Lipinski definition) is 2. The molecule has 2 amide bonds. The van der Waals surface area contributed by atoms with Gasteiger partial charge in [-0.15, -0.1) is 0 Å². The second-order valence-corrected chi connectivity index (χ2v) is 6.50. The molecular formula is C19H21N5O4. The summed E-state index contributed by atoms with van der Waals surface area (Å²) in [5.74, 6) is -0.805. The van der Waals surface area contributed by atoms with Crippen LogP contribution in [0.1, 0.15) is 10.4 Å². The lowest BCUT2D eigenvalue weighted by molar-refractivity contribution is -0.384. The summed E-state index contributed by atoms with van der Waals surface area (Å²) < 4.78 is 0. The molecule has 28 heavy (non-hydrogen) atoms. The van der Waals surface area contributed by atoms with Crippen molar-refractivity contribution in [2.24, 2.45) is 5.73 Å². The Bertz CT molecular complexity index is 879. The summed E-state index contributed by atoms with van der Waals surface area (Å²) in [5, 5.41) is 14.2. The van der Waals surface area contributed by atoms with Crippen molar-refractivity contribution in [3.05, 3.63) is 64.2 Å². The van der Waals surface area contributed by atoms with Gasteiger partial charge >= 0.3 is 0 Å².